The van der Waals surface area contributed by atoms with Crippen molar-refractivity contribution >= 4 is 17.2 Å². The van der Waals surface area contributed by atoms with Gasteiger partial charge in [-0.2, -0.15) is 0 Å². The number of methoxy groups -OCH3 is 2. The van der Waals surface area contributed by atoms with E-state index in [1.807, 2.05) is 12.1 Å². The third kappa shape index (κ3) is 3.24. The van der Waals surface area contributed by atoms with Gasteiger partial charge in [-0.05, 0) is 36.0 Å². The first-order valence-electron chi connectivity index (χ1n) is 6.52. The summed E-state index contributed by atoms with van der Waals surface area (Å²) in [5.74, 6) is 1.64. The predicted molar refractivity (Wildman–Crippen MR) is 80.2 cm³/mol. The Labute approximate surface area is 120 Å². The van der Waals surface area contributed by atoms with Crippen LogP contribution in [0.5, 0.6) is 11.5 Å². The van der Waals surface area contributed by atoms with Gasteiger partial charge in [0.15, 0.2) is 0 Å². The summed E-state index contributed by atoms with van der Waals surface area (Å²) in [7, 11) is 3.34. The maximum absolute atomic E-state index is 6.36. The molecule has 0 saturated carbocycles. The highest BCUT2D eigenvalue weighted by molar-refractivity contribution is 6.22. The molecule has 0 aromatic heterocycles. The summed E-state index contributed by atoms with van der Waals surface area (Å²) >= 11 is 6.36. The van der Waals surface area contributed by atoms with Crippen LogP contribution in [0.1, 0.15) is 32.3 Å². The lowest BCUT2D eigenvalue weighted by atomic mass is 9.75. The van der Waals surface area contributed by atoms with Crippen molar-refractivity contribution in [1.29, 1.82) is 0 Å². The fourth-order valence-corrected chi connectivity index (χ4v) is 3.27. The maximum Gasteiger partial charge on any atom is 0.130 e. The maximum atomic E-state index is 6.36. The molecule has 2 rings (SSSR count). The van der Waals surface area contributed by atoms with Crippen molar-refractivity contribution in [1.82, 2.24) is 0 Å². The summed E-state index contributed by atoms with van der Waals surface area (Å²) in [6.07, 6.45) is 4.17. The lowest BCUT2D eigenvalue weighted by Gasteiger charge is -2.33. The van der Waals surface area contributed by atoms with Gasteiger partial charge in [-0.1, -0.05) is 19.9 Å². The molecule has 0 saturated heterocycles. The minimum atomic E-state index is 0.0885. The standard InChI is InChI=1S/C16H21ClO2/c1-16(2)9-11(7-12(17)10-16)14-6-5-13(18-3)8-15(14)19-4/h5-8,12H,9-10H2,1-4H3. The third-order valence-electron chi connectivity index (χ3n) is 3.55. The number of benzene rings is 1. The fourth-order valence-electron chi connectivity index (χ4n) is 2.70. The number of hydrogen-bond acceptors (Lipinski definition) is 2. The Balaban J connectivity index is 2.41. The Morgan fingerprint density at radius 3 is 2.53 bits per heavy atom. The van der Waals surface area contributed by atoms with Gasteiger partial charge in [-0.3, -0.25) is 0 Å². The van der Waals surface area contributed by atoms with Crippen molar-refractivity contribution in [2.75, 3.05) is 14.2 Å². The Morgan fingerprint density at radius 2 is 1.95 bits per heavy atom. The van der Waals surface area contributed by atoms with Crippen LogP contribution in [-0.2, 0) is 0 Å². The predicted octanol–water partition coefficient (Wildman–Crippen LogP) is 4.51. The lowest BCUT2D eigenvalue weighted by molar-refractivity contribution is 0.339. The fraction of sp³-hybridized carbons (Fsp3) is 0.500. The third-order valence-corrected chi connectivity index (χ3v) is 3.83. The zero-order valence-corrected chi connectivity index (χ0v) is 12.8. The van der Waals surface area contributed by atoms with Crippen LogP contribution in [0.15, 0.2) is 24.3 Å². The second kappa shape index (κ2) is 5.46. The molecular formula is C16H21ClO2. The van der Waals surface area contributed by atoms with Gasteiger partial charge in [-0.15, -0.1) is 11.6 Å². The molecule has 0 aliphatic heterocycles. The van der Waals surface area contributed by atoms with Crippen LogP contribution in [0.3, 0.4) is 0 Å². The molecule has 104 valence electrons. The van der Waals surface area contributed by atoms with E-state index >= 15 is 0 Å². The summed E-state index contributed by atoms with van der Waals surface area (Å²) in [5, 5.41) is 0.0885. The van der Waals surface area contributed by atoms with E-state index in [1.165, 1.54) is 5.57 Å². The molecule has 0 heterocycles. The monoisotopic (exact) mass is 280 g/mol. The van der Waals surface area contributed by atoms with E-state index in [9.17, 15) is 0 Å². The molecule has 1 aromatic rings. The molecule has 0 fully saturated rings. The number of halogens is 1. The van der Waals surface area contributed by atoms with Gasteiger partial charge in [0.1, 0.15) is 11.5 Å². The number of hydrogen-bond donors (Lipinski definition) is 0. The van der Waals surface area contributed by atoms with E-state index in [0.29, 0.717) is 0 Å². The molecule has 1 aliphatic rings. The number of rotatable bonds is 3. The van der Waals surface area contributed by atoms with Crippen LogP contribution in [0.2, 0.25) is 0 Å². The zero-order chi connectivity index (χ0) is 14.0. The Morgan fingerprint density at radius 1 is 1.21 bits per heavy atom. The minimum absolute atomic E-state index is 0.0885. The van der Waals surface area contributed by atoms with E-state index in [-0.39, 0.29) is 10.8 Å². The van der Waals surface area contributed by atoms with Gasteiger partial charge >= 0.3 is 0 Å². The van der Waals surface area contributed by atoms with Gasteiger partial charge in [0, 0.05) is 11.6 Å². The topological polar surface area (TPSA) is 18.5 Å². The van der Waals surface area contributed by atoms with Crippen LogP contribution < -0.4 is 9.47 Å². The van der Waals surface area contributed by atoms with Crippen LogP contribution in [0.4, 0.5) is 0 Å². The van der Waals surface area contributed by atoms with Crippen LogP contribution in [0.25, 0.3) is 5.57 Å². The second-order valence-electron chi connectivity index (χ2n) is 5.82. The molecule has 3 heteroatoms. The lowest BCUT2D eigenvalue weighted by Crippen LogP contribution is -2.21. The summed E-state index contributed by atoms with van der Waals surface area (Å²) in [6.45, 7) is 4.51. The average molecular weight is 281 g/mol. The molecule has 2 nitrogen and oxygen atoms in total. The van der Waals surface area contributed by atoms with Gasteiger partial charge in [0.25, 0.3) is 0 Å². The molecule has 0 amide bonds. The number of allylic oxidation sites excluding steroid dienone is 2. The molecule has 0 N–H and O–H groups in total. The number of alkyl halides is 1. The van der Waals surface area contributed by atoms with Crippen LogP contribution >= 0.6 is 11.6 Å². The average Bonchev–Trinajstić information content (AvgIpc) is 2.35. The van der Waals surface area contributed by atoms with Crippen molar-refractivity contribution in [3.63, 3.8) is 0 Å². The highest BCUT2D eigenvalue weighted by Gasteiger charge is 2.29. The van der Waals surface area contributed by atoms with Crippen LogP contribution in [0, 0.1) is 5.41 Å². The van der Waals surface area contributed by atoms with E-state index in [1.54, 1.807) is 14.2 Å². The van der Waals surface area contributed by atoms with Crippen molar-refractivity contribution in [2.45, 2.75) is 32.1 Å². The quantitative estimate of drug-likeness (QED) is 0.758. The molecule has 19 heavy (non-hydrogen) atoms. The molecule has 0 bridgehead atoms. The number of ether oxygens (including phenoxy) is 2. The highest BCUT2D eigenvalue weighted by atomic mass is 35.5. The summed E-state index contributed by atoms with van der Waals surface area (Å²) in [4.78, 5) is 0. The second-order valence-corrected chi connectivity index (χ2v) is 6.38. The molecule has 0 spiro atoms. The first-order valence-corrected chi connectivity index (χ1v) is 6.96. The van der Waals surface area contributed by atoms with E-state index in [4.69, 9.17) is 21.1 Å². The van der Waals surface area contributed by atoms with Gasteiger partial charge in [0.2, 0.25) is 0 Å². The van der Waals surface area contributed by atoms with Crippen molar-refractivity contribution in [3.05, 3.63) is 29.8 Å². The molecular weight excluding hydrogens is 260 g/mol. The Bertz CT molecular complexity index is 492. The van der Waals surface area contributed by atoms with Crippen molar-refractivity contribution in [2.24, 2.45) is 5.41 Å². The van der Waals surface area contributed by atoms with E-state index in [2.05, 4.69) is 26.0 Å². The first kappa shape index (κ1) is 14.3. The Kier molecular flexibility index (Phi) is 4.10. The molecule has 0 radical (unpaired) electrons. The van der Waals surface area contributed by atoms with Gasteiger partial charge in [0.05, 0.1) is 19.6 Å². The highest BCUT2D eigenvalue weighted by Crippen LogP contribution is 2.43. The smallest absolute Gasteiger partial charge is 0.130 e. The van der Waals surface area contributed by atoms with Crippen molar-refractivity contribution in [3.8, 4) is 11.5 Å². The minimum Gasteiger partial charge on any atom is -0.497 e. The SMILES string of the molecule is COc1ccc(C2=CC(Cl)CC(C)(C)C2)c(OC)c1. The van der Waals surface area contributed by atoms with E-state index in [0.717, 1.165) is 29.9 Å². The summed E-state index contributed by atoms with van der Waals surface area (Å²) < 4.78 is 10.7. The van der Waals surface area contributed by atoms with Crippen LogP contribution in [-0.4, -0.2) is 19.6 Å². The molecule has 1 aliphatic carbocycles. The van der Waals surface area contributed by atoms with Crippen molar-refractivity contribution < 1.29 is 9.47 Å². The summed E-state index contributed by atoms with van der Waals surface area (Å²) in [5.41, 5.74) is 2.60. The van der Waals surface area contributed by atoms with E-state index < -0.39 is 0 Å². The first-order chi connectivity index (χ1) is 8.95. The zero-order valence-electron chi connectivity index (χ0n) is 12.0. The van der Waals surface area contributed by atoms with Gasteiger partial charge in [-0.25, -0.2) is 0 Å². The molecule has 1 unspecified atom stereocenters. The van der Waals surface area contributed by atoms with Gasteiger partial charge < -0.3 is 9.47 Å². The molecule has 1 aromatic carbocycles. The Hall–Kier alpha value is -1.15. The normalized spacial score (nSPS) is 21.7. The largest absolute Gasteiger partial charge is 0.497 e. The summed E-state index contributed by atoms with van der Waals surface area (Å²) in [6, 6.07) is 5.93. The molecule has 1 atom stereocenters.